The summed E-state index contributed by atoms with van der Waals surface area (Å²) < 4.78 is 15.1. The average molecular weight is 230 g/mol. The van der Waals surface area contributed by atoms with Crippen molar-refractivity contribution in [1.82, 2.24) is 0 Å². The lowest BCUT2D eigenvalue weighted by Crippen LogP contribution is -2.36. The lowest BCUT2D eigenvalue weighted by atomic mass is 9.83. The molecule has 0 amide bonds. The van der Waals surface area contributed by atoms with Crippen LogP contribution in [0.25, 0.3) is 0 Å². The topological polar surface area (TPSA) is 61.8 Å². The van der Waals surface area contributed by atoms with Gasteiger partial charge in [0.1, 0.15) is 0 Å². The second-order valence-electron chi connectivity index (χ2n) is 3.65. The fourth-order valence-corrected chi connectivity index (χ4v) is 1.79. The first-order chi connectivity index (χ1) is 7.60. The van der Waals surface area contributed by atoms with Crippen molar-refractivity contribution in [1.29, 1.82) is 0 Å². The van der Waals surface area contributed by atoms with Crippen LogP contribution < -0.4 is 0 Å². The van der Waals surface area contributed by atoms with Crippen LogP contribution in [0.15, 0.2) is 0 Å². The van der Waals surface area contributed by atoms with Gasteiger partial charge in [-0.1, -0.05) is 6.92 Å². The highest BCUT2D eigenvalue weighted by Crippen LogP contribution is 2.38. The fraction of sp³-hybridized carbons (Fsp3) is 0.818. The van der Waals surface area contributed by atoms with Crippen molar-refractivity contribution in [3.63, 3.8) is 0 Å². The van der Waals surface area contributed by atoms with E-state index >= 15 is 0 Å². The predicted octanol–water partition coefficient (Wildman–Crippen LogP) is 1.26. The molecule has 92 valence electrons. The summed E-state index contributed by atoms with van der Waals surface area (Å²) in [6, 6.07) is 0. The van der Waals surface area contributed by atoms with Gasteiger partial charge < -0.3 is 14.2 Å². The molecule has 1 saturated heterocycles. The third kappa shape index (κ3) is 2.19. The van der Waals surface area contributed by atoms with Crippen LogP contribution in [0.5, 0.6) is 0 Å². The molecule has 2 atom stereocenters. The molecule has 0 aliphatic carbocycles. The zero-order valence-electron chi connectivity index (χ0n) is 9.95. The summed E-state index contributed by atoms with van der Waals surface area (Å²) in [7, 11) is 0. The fourth-order valence-electron chi connectivity index (χ4n) is 1.79. The quantitative estimate of drug-likeness (QED) is 0.525. The zero-order chi connectivity index (χ0) is 12.2. The number of rotatable bonds is 5. The molecule has 1 aliphatic rings. The highest BCUT2D eigenvalue weighted by molar-refractivity contribution is 6.01. The van der Waals surface area contributed by atoms with Crippen molar-refractivity contribution in [3.8, 4) is 0 Å². The van der Waals surface area contributed by atoms with E-state index in [2.05, 4.69) is 0 Å². The van der Waals surface area contributed by atoms with Gasteiger partial charge in [-0.2, -0.15) is 0 Å². The molecule has 1 fully saturated rings. The molecule has 0 unspecified atom stereocenters. The predicted molar refractivity (Wildman–Crippen MR) is 55.5 cm³/mol. The molecule has 0 spiro atoms. The first kappa shape index (κ1) is 13.0. The Balaban J connectivity index is 2.80. The van der Waals surface area contributed by atoms with Crippen LogP contribution in [0.2, 0.25) is 0 Å². The average Bonchev–Trinajstić information content (AvgIpc) is 2.57. The first-order valence-electron chi connectivity index (χ1n) is 5.60. The summed E-state index contributed by atoms with van der Waals surface area (Å²) in [4.78, 5) is 23.5. The number of cyclic esters (lactones) is 1. The Morgan fingerprint density at radius 2 is 2.12 bits per heavy atom. The minimum atomic E-state index is -1.17. The van der Waals surface area contributed by atoms with E-state index < -0.39 is 23.6 Å². The lowest BCUT2D eigenvalue weighted by Gasteiger charge is -2.19. The van der Waals surface area contributed by atoms with Gasteiger partial charge in [-0.25, -0.2) is 0 Å². The summed E-state index contributed by atoms with van der Waals surface area (Å²) >= 11 is 0. The van der Waals surface area contributed by atoms with E-state index in [9.17, 15) is 9.59 Å². The van der Waals surface area contributed by atoms with Crippen molar-refractivity contribution >= 4 is 11.9 Å². The second kappa shape index (κ2) is 5.30. The molecule has 1 rings (SSSR count). The maximum absolute atomic E-state index is 11.8. The van der Waals surface area contributed by atoms with Gasteiger partial charge in [0.2, 0.25) is 6.29 Å². The van der Waals surface area contributed by atoms with E-state index in [0.717, 1.165) is 0 Å². The van der Waals surface area contributed by atoms with Gasteiger partial charge in [0.05, 0.1) is 6.61 Å². The van der Waals surface area contributed by atoms with Gasteiger partial charge in [-0.3, -0.25) is 9.59 Å². The van der Waals surface area contributed by atoms with Crippen molar-refractivity contribution in [3.05, 3.63) is 0 Å². The Bertz CT molecular complexity index is 276. The standard InChI is InChI=1S/C11H18O5/c1-4-11(9(12)15-6-3)7-8(14-5-2)16-10(11)13/h8H,4-7H2,1-3H3/t8-,11+/m1/s1. The molecule has 0 aromatic heterocycles. The molecule has 0 saturated carbocycles. The third-order valence-corrected chi connectivity index (χ3v) is 2.77. The molecular weight excluding hydrogens is 212 g/mol. The van der Waals surface area contributed by atoms with Crippen LogP contribution >= 0.6 is 0 Å². The van der Waals surface area contributed by atoms with Gasteiger partial charge >= 0.3 is 11.9 Å². The molecule has 0 aromatic carbocycles. The van der Waals surface area contributed by atoms with E-state index in [4.69, 9.17) is 14.2 Å². The normalized spacial score (nSPS) is 28.9. The summed E-state index contributed by atoms with van der Waals surface area (Å²) in [5.74, 6) is -1.04. The third-order valence-electron chi connectivity index (χ3n) is 2.77. The van der Waals surface area contributed by atoms with Crippen molar-refractivity contribution < 1.29 is 23.8 Å². The minimum Gasteiger partial charge on any atom is -0.465 e. The highest BCUT2D eigenvalue weighted by atomic mass is 16.7. The number of carbonyl (C=O) groups excluding carboxylic acids is 2. The van der Waals surface area contributed by atoms with Crippen LogP contribution in [-0.2, 0) is 23.8 Å². The molecule has 5 heteroatoms. The summed E-state index contributed by atoms with van der Waals surface area (Å²) in [5.41, 5.74) is -1.17. The minimum absolute atomic E-state index is 0.245. The number of hydrogen-bond acceptors (Lipinski definition) is 5. The van der Waals surface area contributed by atoms with E-state index in [1.165, 1.54) is 0 Å². The molecule has 1 aliphatic heterocycles. The Hall–Kier alpha value is -1.10. The zero-order valence-corrected chi connectivity index (χ0v) is 9.95. The van der Waals surface area contributed by atoms with Crippen molar-refractivity contribution in [2.45, 2.75) is 39.9 Å². The van der Waals surface area contributed by atoms with Gasteiger partial charge in [0.25, 0.3) is 0 Å². The van der Waals surface area contributed by atoms with E-state index in [0.29, 0.717) is 13.0 Å². The van der Waals surface area contributed by atoms with Crippen LogP contribution in [0, 0.1) is 5.41 Å². The van der Waals surface area contributed by atoms with E-state index in [-0.39, 0.29) is 13.0 Å². The van der Waals surface area contributed by atoms with Gasteiger partial charge in [0.15, 0.2) is 5.41 Å². The largest absolute Gasteiger partial charge is 0.465 e. The highest BCUT2D eigenvalue weighted by Gasteiger charge is 2.55. The van der Waals surface area contributed by atoms with Crippen LogP contribution in [0.3, 0.4) is 0 Å². The molecule has 1 heterocycles. The molecule has 16 heavy (non-hydrogen) atoms. The van der Waals surface area contributed by atoms with Crippen LogP contribution in [-0.4, -0.2) is 31.4 Å². The summed E-state index contributed by atoms with van der Waals surface area (Å²) in [5, 5.41) is 0. The Morgan fingerprint density at radius 3 is 2.62 bits per heavy atom. The first-order valence-corrected chi connectivity index (χ1v) is 5.60. The number of carbonyl (C=O) groups is 2. The van der Waals surface area contributed by atoms with E-state index in [1.54, 1.807) is 13.8 Å². The second-order valence-corrected chi connectivity index (χ2v) is 3.65. The Labute approximate surface area is 95.0 Å². The molecule has 0 radical (unpaired) electrons. The molecular formula is C11H18O5. The maximum atomic E-state index is 11.8. The summed E-state index contributed by atoms with van der Waals surface area (Å²) in [6.07, 6.45) is -0.00895. The number of esters is 2. The van der Waals surface area contributed by atoms with E-state index in [1.807, 2.05) is 6.92 Å². The Kier molecular flexibility index (Phi) is 4.29. The summed E-state index contributed by atoms with van der Waals surface area (Å²) in [6.45, 7) is 5.99. The van der Waals surface area contributed by atoms with Gasteiger partial charge in [-0.05, 0) is 20.3 Å². The number of ether oxygens (including phenoxy) is 3. The monoisotopic (exact) mass is 230 g/mol. The van der Waals surface area contributed by atoms with Gasteiger partial charge in [0, 0.05) is 13.0 Å². The smallest absolute Gasteiger partial charge is 0.326 e. The van der Waals surface area contributed by atoms with Gasteiger partial charge in [-0.15, -0.1) is 0 Å². The van der Waals surface area contributed by atoms with Crippen molar-refractivity contribution in [2.75, 3.05) is 13.2 Å². The number of hydrogen-bond donors (Lipinski definition) is 0. The van der Waals surface area contributed by atoms with Crippen LogP contribution in [0.1, 0.15) is 33.6 Å². The Morgan fingerprint density at radius 1 is 1.44 bits per heavy atom. The lowest BCUT2D eigenvalue weighted by molar-refractivity contribution is -0.170. The molecule has 0 aromatic rings. The van der Waals surface area contributed by atoms with Crippen LogP contribution in [0.4, 0.5) is 0 Å². The molecule has 0 bridgehead atoms. The maximum Gasteiger partial charge on any atom is 0.326 e. The van der Waals surface area contributed by atoms with Crippen molar-refractivity contribution in [2.24, 2.45) is 5.41 Å². The molecule has 5 nitrogen and oxygen atoms in total. The molecule has 0 N–H and O–H groups in total. The SMILES string of the molecule is CCOC(=O)[C@]1(CC)C[C@H](OCC)OC1=O.